The highest BCUT2D eigenvalue weighted by molar-refractivity contribution is 6.14. The van der Waals surface area contributed by atoms with Crippen molar-refractivity contribution >= 4 is 11.6 Å². The van der Waals surface area contributed by atoms with Gasteiger partial charge in [-0.25, -0.2) is 0 Å². The first-order valence-electron chi connectivity index (χ1n) is 7.47. The Kier molecular flexibility index (Phi) is 5.52. The topological polar surface area (TPSA) is 52.6 Å². The summed E-state index contributed by atoms with van der Waals surface area (Å²) < 4.78 is 10.7. The van der Waals surface area contributed by atoms with Crippen LogP contribution in [0.3, 0.4) is 0 Å². The van der Waals surface area contributed by atoms with Crippen LogP contribution < -0.4 is 9.47 Å². The van der Waals surface area contributed by atoms with E-state index in [1.807, 2.05) is 13.8 Å². The van der Waals surface area contributed by atoms with Gasteiger partial charge in [0.15, 0.2) is 11.6 Å². The Labute approximate surface area is 136 Å². The average molecular weight is 312 g/mol. The number of para-hydroxylation sites is 1. The van der Waals surface area contributed by atoms with Crippen molar-refractivity contribution in [2.75, 3.05) is 7.11 Å². The van der Waals surface area contributed by atoms with E-state index >= 15 is 0 Å². The predicted octanol–water partition coefficient (Wildman–Crippen LogP) is 3.94. The number of ketones is 2. The molecule has 0 unspecified atom stereocenters. The Hall–Kier alpha value is -2.62. The number of hydrogen-bond acceptors (Lipinski definition) is 4. The molecule has 0 atom stereocenters. The Bertz CT molecular complexity index is 687. The van der Waals surface area contributed by atoms with Crippen LogP contribution in [-0.4, -0.2) is 24.8 Å². The maximum atomic E-state index is 12.3. The summed E-state index contributed by atoms with van der Waals surface area (Å²) in [5, 5.41) is 0. The molecular formula is C19H20O4. The lowest BCUT2D eigenvalue weighted by molar-refractivity contribution is 0.0893. The molecule has 2 aromatic rings. The minimum absolute atomic E-state index is 0.0728. The van der Waals surface area contributed by atoms with Crippen molar-refractivity contribution in [3.63, 3.8) is 0 Å². The van der Waals surface area contributed by atoms with E-state index in [1.54, 1.807) is 48.5 Å². The molecular weight excluding hydrogens is 292 g/mol. The Morgan fingerprint density at radius 1 is 0.957 bits per heavy atom. The van der Waals surface area contributed by atoms with Gasteiger partial charge in [-0.05, 0) is 50.2 Å². The molecule has 0 radical (unpaired) electrons. The van der Waals surface area contributed by atoms with Gasteiger partial charge in [0.1, 0.15) is 11.5 Å². The van der Waals surface area contributed by atoms with Crippen LogP contribution in [0.25, 0.3) is 0 Å². The fraction of sp³-hybridized carbons (Fsp3) is 0.263. The van der Waals surface area contributed by atoms with Gasteiger partial charge in [-0.15, -0.1) is 0 Å². The van der Waals surface area contributed by atoms with E-state index in [-0.39, 0.29) is 24.1 Å². The van der Waals surface area contributed by atoms with Gasteiger partial charge in [0.25, 0.3) is 0 Å². The first-order chi connectivity index (χ1) is 11.0. The Morgan fingerprint density at radius 3 is 2.22 bits per heavy atom. The third-order valence-electron chi connectivity index (χ3n) is 3.28. The van der Waals surface area contributed by atoms with E-state index in [0.29, 0.717) is 22.6 Å². The molecule has 0 aliphatic heterocycles. The molecule has 0 bridgehead atoms. The zero-order valence-corrected chi connectivity index (χ0v) is 13.5. The summed E-state index contributed by atoms with van der Waals surface area (Å²) in [6.45, 7) is 3.87. The second-order valence-electron chi connectivity index (χ2n) is 5.41. The summed E-state index contributed by atoms with van der Waals surface area (Å²) in [5.74, 6) is 0.700. The first kappa shape index (κ1) is 16.7. The third-order valence-corrected chi connectivity index (χ3v) is 3.28. The van der Waals surface area contributed by atoms with Gasteiger partial charge in [-0.2, -0.15) is 0 Å². The maximum absolute atomic E-state index is 12.3. The molecule has 0 saturated heterocycles. The number of carbonyl (C=O) groups is 2. The van der Waals surface area contributed by atoms with E-state index in [1.165, 1.54) is 7.11 Å². The fourth-order valence-corrected chi connectivity index (χ4v) is 2.21. The lowest BCUT2D eigenvalue weighted by Gasteiger charge is -2.10. The quantitative estimate of drug-likeness (QED) is 0.574. The molecule has 0 heterocycles. The summed E-state index contributed by atoms with van der Waals surface area (Å²) in [6, 6.07) is 13.7. The van der Waals surface area contributed by atoms with Crippen molar-refractivity contribution < 1.29 is 19.1 Å². The largest absolute Gasteiger partial charge is 0.496 e. The highest BCUT2D eigenvalue weighted by Gasteiger charge is 2.17. The van der Waals surface area contributed by atoms with E-state index in [4.69, 9.17) is 9.47 Å². The lowest BCUT2D eigenvalue weighted by atomic mass is 10.0. The molecule has 0 saturated carbocycles. The van der Waals surface area contributed by atoms with Crippen LogP contribution in [0.2, 0.25) is 0 Å². The number of hydrogen-bond donors (Lipinski definition) is 0. The van der Waals surface area contributed by atoms with Gasteiger partial charge in [-0.1, -0.05) is 12.1 Å². The van der Waals surface area contributed by atoms with Crippen molar-refractivity contribution in [1.82, 2.24) is 0 Å². The summed E-state index contributed by atoms with van der Waals surface area (Å²) in [5.41, 5.74) is 0.910. The van der Waals surface area contributed by atoms with Gasteiger partial charge in [0.05, 0.1) is 25.2 Å². The van der Waals surface area contributed by atoms with E-state index in [2.05, 4.69) is 0 Å². The summed E-state index contributed by atoms with van der Waals surface area (Å²) in [6.07, 6.45) is -0.117. The molecule has 0 amide bonds. The maximum Gasteiger partial charge on any atom is 0.174 e. The van der Waals surface area contributed by atoms with E-state index in [9.17, 15) is 9.59 Å². The van der Waals surface area contributed by atoms with Crippen LogP contribution in [0.15, 0.2) is 48.5 Å². The smallest absolute Gasteiger partial charge is 0.174 e. The molecule has 4 nitrogen and oxygen atoms in total. The highest BCUT2D eigenvalue weighted by atomic mass is 16.5. The van der Waals surface area contributed by atoms with Crippen molar-refractivity contribution in [2.24, 2.45) is 0 Å². The molecule has 0 aliphatic carbocycles. The van der Waals surface area contributed by atoms with Crippen LogP contribution >= 0.6 is 0 Å². The first-order valence-corrected chi connectivity index (χ1v) is 7.47. The molecule has 0 aromatic heterocycles. The molecule has 23 heavy (non-hydrogen) atoms. The van der Waals surface area contributed by atoms with Crippen LogP contribution in [-0.2, 0) is 0 Å². The zero-order valence-electron chi connectivity index (χ0n) is 13.5. The molecule has 0 aliphatic rings. The number of ether oxygens (including phenoxy) is 2. The Balaban J connectivity index is 2.08. The Morgan fingerprint density at radius 2 is 1.61 bits per heavy atom. The average Bonchev–Trinajstić information content (AvgIpc) is 2.54. The zero-order chi connectivity index (χ0) is 16.8. The highest BCUT2D eigenvalue weighted by Crippen LogP contribution is 2.21. The number of rotatable bonds is 7. The van der Waals surface area contributed by atoms with Gasteiger partial charge in [0, 0.05) is 5.56 Å². The van der Waals surface area contributed by atoms with E-state index < -0.39 is 0 Å². The molecule has 0 fully saturated rings. The number of carbonyl (C=O) groups excluding carboxylic acids is 2. The number of benzene rings is 2. The summed E-state index contributed by atoms with van der Waals surface area (Å²) in [4.78, 5) is 24.6. The van der Waals surface area contributed by atoms with Gasteiger partial charge >= 0.3 is 0 Å². The molecule has 0 N–H and O–H groups in total. The standard InChI is InChI=1S/C19H20O4/c1-13(2)23-15-10-8-14(9-11-15)17(20)12-18(21)16-6-4-5-7-19(16)22-3/h4-11,13H,12H2,1-3H3. The third kappa shape index (κ3) is 4.42. The monoisotopic (exact) mass is 312 g/mol. The summed E-state index contributed by atoms with van der Waals surface area (Å²) >= 11 is 0. The minimum atomic E-state index is -0.255. The van der Waals surface area contributed by atoms with Gasteiger partial charge in [0.2, 0.25) is 0 Å². The number of methoxy groups -OCH3 is 1. The van der Waals surface area contributed by atoms with Crippen molar-refractivity contribution in [3.8, 4) is 11.5 Å². The van der Waals surface area contributed by atoms with Crippen molar-refractivity contribution in [1.29, 1.82) is 0 Å². The SMILES string of the molecule is COc1ccccc1C(=O)CC(=O)c1ccc(OC(C)C)cc1. The molecule has 120 valence electrons. The van der Waals surface area contributed by atoms with Gasteiger partial charge in [-0.3, -0.25) is 9.59 Å². The predicted molar refractivity (Wildman–Crippen MR) is 88.5 cm³/mol. The van der Waals surface area contributed by atoms with Crippen LogP contribution in [0.1, 0.15) is 41.0 Å². The second-order valence-corrected chi connectivity index (χ2v) is 5.41. The molecule has 0 spiro atoms. The lowest BCUT2D eigenvalue weighted by Crippen LogP contribution is -2.10. The minimum Gasteiger partial charge on any atom is -0.496 e. The van der Waals surface area contributed by atoms with E-state index in [0.717, 1.165) is 0 Å². The normalized spacial score (nSPS) is 10.4. The summed E-state index contributed by atoms with van der Waals surface area (Å²) in [7, 11) is 1.50. The van der Waals surface area contributed by atoms with Crippen LogP contribution in [0.4, 0.5) is 0 Å². The van der Waals surface area contributed by atoms with Crippen LogP contribution in [0, 0.1) is 0 Å². The fourth-order valence-electron chi connectivity index (χ4n) is 2.21. The van der Waals surface area contributed by atoms with Crippen LogP contribution in [0.5, 0.6) is 11.5 Å². The molecule has 4 heteroatoms. The van der Waals surface area contributed by atoms with Crippen molar-refractivity contribution in [3.05, 3.63) is 59.7 Å². The van der Waals surface area contributed by atoms with Gasteiger partial charge < -0.3 is 9.47 Å². The molecule has 2 rings (SSSR count). The molecule has 2 aromatic carbocycles. The van der Waals surface area contributed by atoms with Crippen molar-refractivity contribution in [2.45, 2.75) is 26.4 Å². The second kappa shape index (κ2) is 7.58. The number of Topliss-reactive ketones (excluding diaryl/α,β-unsaturated/α-hetero) is 2.